The fourth-order valence-corrected chi connectivity index (χ4v) is 7.56. The number of cyclic esters (lactones) is 1. The number of allylic oxidation sites excluding steroid dienone is 1. The van der Waals surface area contributed by atoms with E-state index in [-0.39, 0.29) is 18.1 Å². The Morgan fingerprint density at radius 3 is 2.37 bits per heavy atom. The second-order valence-electron chi connectivity index (χ2n) is 13.8. The fraction of sp³-hybridized carbons (Fsp3) is 0.742. The van der Waals surface area contributed by atoms with Crippen LogP contribution in [-0.4, -0.2) is 103 Å². The van der Waals surface area contributed by atoms with Crippen LogP contribution in [0.1, 0.15) is 60.8 Å². The Morgan fingerprint density at radius 1 is 1.15 bits per heavy atom. The Labute approximate surface area is 243 Å². The smallest absolute Gasteiger partial charge is 0.336 e. The summed E-state index contributed by atoms with van der Waals surface area (Å²) in [6.45, 7) is 12.3. The molecule has 1 N–H and O–H groups in total. The zero-order chi connectivity index (χ0) is 30.7. The number of aliphatic hydroxyl groups excluding tert-OH is 1. The van der Waals surface area contributed by atoms with Crippen LogP contribution in [0.4, 0.5) is 0 Å². The molecule has 10 heteroatoms. The van der Waals surface area contributed by atoms with Gasteiger partial charge in [-0.2, -0.15) is 0 Å². The van der Waals surface area contributed by atoms with Crippen LogP contribution in [0.25, 0.3) is 0 Å². The van der Waals surface area contributed by atoms with E-state index in [2.05, 4.69) is 0 Å². The third kappa shape index (κ3) is 5.16. The molecule has 4 rings (SSSR count). The Morgan fingerprint density at radius 2 is 1.80 bits per heavy atom. The number of Topliss-reactive ketones (excluding diaryl/α,β-unsaturated/α-hetero) is 2. The van der Waals surface area contributed by atoms with Crippen molar-refractivity contribution in [2.45, 2.75) is 84.7 Å². The molecule has 0 aromatic heterocycles. The van der Waals surface area contributed by atoms with E-state index < -0.39 is 64.1 Å². The van der Waals surface area contributed by atoms with Gasteiger partial charge in [-0.1, -0.05) is 13.8 Å². The molecule has 0 aromatic carbocycles. The SMILES string of the molecule is COC[C@H]1OC(=O)/C(=C\N(CCN(C)C)C(C)(C)C)C2C(=O)C(=O)C3=C([C@H](OC(C)=O)C[C@@]4(C)C3CC[C@@H]4O)[C@]21C. The number of hydrogen-bond acceptors (Lipinski definition) is 10. The van der Waals surface area contributed by atoms with E-state index >= 15 is 0 Å². The van der Waals surface area contributed by atoms with Crippen LogP contribution >= 0.6 is 0 Å². The van der Waals surface area contributed by atoms with E-state index in [4.69, 9.17) is 14.2 Å². The fourth-order valence-electron chi connectivity index (χ4n) is 7.56. The average Bonchev–Trinajstić information content (AvgIpc) is 3.14. The number of rotatable bonds is 7. The summed E-state index contributed by atoms with van der Waals surface area (Å²) in [5.41, 5.74) is -1.41. The van der Waals surface area contributed by atoms with Gasteiger partial charge >= 0.3 is 11.9 Å². The normalized spacial score (nSPS) is 36.2. The number of likely N-dealkylation sites (N-methyl/N-ethyl adjacent to an activating group) is 1. The van der Waals surface area contributed by atoms with Crippen LogP contribution in [0.15, 0.2) is 22.9 Å². The van der Waals surface area contributed by atoms with Crippen LogP contribution in [0.3, 0.4) is 0 Å². The Hall–Kier alpha value is -2.56. The first-order valence-electron chi connectivity index (χ1n) is 14.5. The van der Waals surface area contributed by atoms with Crippen LogP contribution in [-0.2, 0) is 33.4 Å². The predicted octanol–water partition coefficient (Wildman–Crippen LogP) is 2.29. The van der Waals surface area contributed by atoms with Crippen molar-refractivity contribution < 1.29 is 38.5 Å². The van der Waals surface area contributed by atoms with Crippen molar-refractivity contribution in [2.24, 2.45) is 22.7 Å². The van der Waals surface area contributed by atoms with Crippen molar-refractivity contribution >= 4 is 23.5 Å². The van der Waals surface area contributed by atoms with E-state index in [0.717, 1.165) is 0 Å². The van der Waals surface area contributed by atoms with Crippen molar-refractivity contribution in [2.75, 3.05) is 40.9 Å². The molecule has 10 nitrogen and oxygen atoms in total. The molecular weight excluding hydrogens is 528 g/mol. The van der Waals surface area contributed by atoms with Gasteiger partial charge in [-0.25, -0.2) is 4.79 Å². The molecule has 228 valence electrons. The first-order chi connectivity index (χ1) is 19.0. The minimum absolute atomic E-state index is 0.00869. The largest absolute Gasteiger partial charge is 0.458 e. The number of fused-ring (bicyclic) bond motifs is 4. The van der Waals surface area contributed by atoms with Gasteiger partial charge in [-0.3, -0.25) is 14.4 Å². The first-order valence-corrected chi connectivity index (χ1v) is 14.5. The van der Waals surface area contributed by atoms with Gasteiger partial charge in [0.2, 0.25) is 11.6 Å². The quantitative estimate of drug-likeness (QED) is 0.275. The molecular formula is C31H46N2O8. The summed E-state index contributed by atoms with van der Waals surface area (Å²) in [4.78, 5) is 58.4. The molecule has 7 atom stereocenters. The van der Waals surface area contributed by atoms with Gasteiger partial charge in [-0.05, 0) is 65.6 Å². The lowest BCUT2D eigenvalue weighted by Crippen LogP contribution is -2.63. The summed E-state index contributed by atoms with van der Waals surface area (Å²) in [6.07, 6.45) is 0.503. The Bertz CT molecular complexity index is 1180. The van der Waals surface area contributed by atoms with Crippen molar-refractivity contribution in [3.63, 3.8) is 0 Å². The zero-order valence-corrected chi connectivity index (χ0v) is 25.9. The van der Waals surface area contributed by atoms with E-state index in [1.807, 2.05) is 58.5 Å². The molecule has 2 unspecified atom stereocenters. The lowest BCUT2D eigenvalue weighted by atomic mass is 9.50. The summed E-state index contributed by atoms with van der Waals surface area (Å²) in [5.74, 6) is -4.07. The molecule has 0 aromatic rings. The van der Waals surface area contributed by atoms with Crippen molar-refractivity contribution in [1.82, 2.24) is 9.80 Å². The number of ether oxygens (including phenoxy) is 3. The third-order valence-corrected chi connectivity index (χ3v) is 9.82. The van der Waals surface area contributed by atoms with Gasteiger partial charge in [0.25, 0.3) is 0 Å². The summed E-state index contributed by atoms with van der Waals surface area (Å²) in [5, 5.41) is 11.0. The summed E-state index contributed by atoms with van der Waals surface area (Å²) >= 11 is 0. The minimum Gasteiger partial charge on any atom is -0.458 e. The lowest BCUT2D eigenvalue weighted by Gasteiger charge is -2.56. The number of methoxy groups -OCH3 is 1. The molecule has 1 heterocycles. The van der Waals surface area contributed by atoms with Crippen LogP contribution in [0.5, 0.6) is 0 Å². The third-order valence-electron chi connectivity index (χ3n) is 9.82. The van der Waals surface area contributed by atoms with Crippen LogP contribution in [0.2, 0.25) is 0 Å². The highest BCUT2D eigenvalue weighted by molar-refractivity contribution is 6.47. The molecule has 0 radical (unpaired) electrons. The first kappa shape index (κ1) is 31.4. The number of aliphatic hydroxyl groups is 1. The maximum atomic E-state index is 14.3. The van der Waals surface area contributed by atoms with Gasteiger partial charge < -0.3 is 29.1 Å². The maximum Gasteiger partial charge on any atom is 0.336 e. The highest BCUT2D eigenvalue weighted by Gasteiger charge is 2.67. The molecule has 2 fully saturated rings. The monoisotopic (exact) mass is 574 g/mol. The minimum atomic E-state index is -1.21. The van der Waals surface area contributed by atoms with Gasteiger partial charge in [0.15, 0.2) is 0 Å². The molecule has 1 saturated carbocycles. The van der Waals surface area contributed by atoms with Gasteiger partial charge in [-0.15, -0.1) is 0 Å². The predicted molar refractivity (Wildman–Crippen MR) is 150 cm³/mol. The van der Waals surface area contributed by atoms with Crippen LogP contribution < -0.4 is 0 Å². The second-order valence-corrected chi connectivity index (χ2v) is 13.8. The van der Waals surface area contributed by atoms with E-state index in [0.29, 0.717) is 43.5 Å². The molecule has 1 saturated heterocycles. The van der Waals surface area contributed by atoms with Crippen LogP contribution in [0, 0.1) is 22.7 Å². The Balaban J connectivity index is 1.98. The van der Waals surface area contributed by atoms with Crippen molar-refractivity contribution in [3.05, 3.63) is 22.9 Å². The number of esters is 2. The van der Waals surface area contributed by atoms with Gasteiger partial charge in [0.05, 0.1) is 24.2 Å². The number of nitrogens with zero attached hydrogens (tertiary/aromatic N) is 2. The number of carbonyl (C=O) groups excluding carboxylic acids is 4. The zero-order valence-electron chi connectivity index (χ0n) is 25.9. The molecule has 3 aliphatic carbocycles. The topological polar surface area (TPSA) is 123 Å². The number of hydrogen-bond donors (Lipinski definition) is 1. The van der Waals surface area contributed by atoms with Crippen molar-refractivity contribution in [3.8, 4) is 0 Å². The number of carbonyl (C=O) groups is 4. The second kappa shape index (κ2) is 10.9. The molecule has 41 heavy (non-hydrogen) atoms. The number of ketones is 2. The summed E-state index contributed by atoms with van der Waals surface area (Å²) in [6, 6.07) is 0. The summed E-state index contributed by atoms with van der Waals surface area (Å²) < 4.78 is 17.4. The Kier molecular flexibility index (Phi) is 8.37. The van der Waals surface area contributed by atoms with E-state index in [1.54, 1.807) is 6.20 Å². The molecule has 1 aliphatic heterocycles. The maximum absolute atomic E-state index is 14.3. The molecule has 0 amide bonds. The molecule has 4 aliphatic rings. The van der Waals surface area contributed by atoms with Gasteiger partial charge in [0.1, 0.15) is 12.2 Å². The van der Waals surface area contributed by atoms with E-state index in [1.165, 1.54) is 14.0 Å². The lowest BCUT2D eigenvalue weighted by molar-refractivity contribution is -0.175. The highest BCUT2D eigenvalue weighted by Crippen LogP contribution is 2.63. The molecule has 0 spiro atoms. The standard InChI is InChI=1S/C31H46N2O8/c1-17(34)40-20-14-30(5)19(10-11-21(30)35)23-25(20)31(6)22(16-39-9)41-28(38)18(24(31)27(37)26(23)36)15-33(29(2,3)4)13-12-32(7)8/h15,19-22,24,35H,10-14,16H2,1-9H3/b18-15-/t19?,20-,21+,22-,24?,30+,31+/m1/s1. The highest BCUT2D eigenvalue weighted by atomic mass is 16.6. The van der Waals surface area contributed by atoms with E-state index in [9.17, 15) is 24.3 Å². The summed E-state index contributed by atoms with van der Waals surface area (Å²) in [7, 11) is 5.40. The van der Waals surface area contributed by atoms with Gasteiger partial charge in [0, 0.05) is 55.3 Å². The molecule has 0 bridgehead atoms. The van der Waals surface area contributed by atoms with Crippen molar-refractivity contribution in [1.29, 1.82) is 0 Å². The average molecular weight is 575 g/mol.